The van der Waals surface area contributed by atoms with Crippen LogP contribution >= 0.6 is 0 Å². The molecule has 1 atom stereocenters. The zero-order valence-corrected chi connectivity index (χ0v) is 11.9. The van der Waals surface area contributed by atoms with Crippen LogP contribution in [0, 0.1) is 12.8 Å². The van der Waals surface area contributed by atoms with Gasteiger partial charge < -0.3 is 9.30 Å². The molecule has 102 valence electrons. The Bertz CT molecular complexity index is 399. The molecule has 1 rings (SSSR count). The molecule has 5 nitrogen and oxygen atoms in total. The Kier molecular flexibility index (Phi) is 5.31. The minimum atomic E-state index is -0.335. The van der Waals surface area contributed by atoms with Crippen molar-refractivity contribution in [3.63, 3.8) is 0 Å². The standard InChI is InChI=1S/C13H23N3O2/c1-6-8-16-10(5)14-15-12(16)11(9(3)4)13(17)18-7-2/h9,11H,6-8H2,1-5H3. The third kappa shape index (κ3) is 3.09. The van der Waals surface area contributed by atoms with E-state index >= 15 is 0 Å². The van der Waals surface area contributed by atoms with E-state index in [1.54, 1.807) is 0 Å². The molecule has 0 bridgehead atoms. The van der Waals surface area contributed by atoms with Gasteiger partial charge in [0, 0.05) is 6.54 Å². The lowest BCUT2D eigenvalue weighted by atomic mass is 9.95. The Labute approximate surface area is 109 Å². The fraction of sp³-hybridized carbons (Fsp3) is 0.769. The van der Waals surface area contributed by atoms with Crippen LogP contribution in [0.1, 0.15) is 51.7 Å². The van der Waals surface area contributed by atoms with Crippen molar-refractivity contribution in [2.24, 2.45) is 5.92 Å². The van der Waals surface area contributed by atoms with Crippen LogP contribution in [-0.4, -0.2) is 27.3 Å². The number of carbonyl (C=O) groups is 1. The molecule has 18 heavy (non-hydrogen) atoms. The molecule has 5 heteroatoms. The number of rotatable bonds is 6. The van der Waals surface area contributed by atoms with Gasteiger partial charge >= 0.3 is 5.97 Å². The fourth-order valence-corrected chi connectivity index (χ4v) is 2.04. The van der Waals surface area contributed by atoms with Crippen molar-refractivity contribution >= 4 is 5.97 Å². The molecule has 0 aliphatic heterocycles. The van der Waals surface area contributed by atoms with E-state index in [-0.39, 0.29) is 17.8 Å². The van der Waals surface area contributed by atoms with Gasteiger partial charge in [0.05, 0.1) is 6.61 Å². The van der Waals surface area contributed by atoms with Gasteiger partial charge in [-0.3, -0.25) is 4.79 Å². The first-order valence-electron chi connectivity index (χ1n) is 6.59. The lowest BCUT2D eigenvalue weighted by Gasteiger charge is -2.19. The van der Waals surface area contributed by atoms with Crippen LogP contribution < -0.4 is 0 Å². The fourth-order valence-electron chi connectivity index (χ4n) is 2.04. The SMILES string of the molecule is CCCn1c(C)nnc1C(C(=O)OCC)C(C)C. The normalized spacial score (nSPS) is 12.8. The Morgan fingerprint density at radius 2 is 2.00 bits per heavy atom. The Hall–Kier alpha value is -1.39. The summed E-state index contributed by atoms with van der Waals surface area (Å²) in [5.74, 6) is 1.17. The van der Waals surface area contributed by atoms with E-state index in [0.29, 0.717) is 6.61 Å². The highest BCUT2D eigenvalue weighted by molar-refractivity contribution is 5.77. The first kappa shape index (κ1) is 14.7. The highest BCUT2D eigenvalue weighted by Gasteiger charge is 2.30. The predicted molar refractivity (Wildman–Crippen MR) is 69.3 cm³/mol. The smallest absolute Gasteiger partial charge is 0.316 e. The van der Waals surface area contributed by atoms with Crippen molar-refractivity contribution in [3.8, 4) is 0 Å². The molecule has 0 N–H and O–H groups in total. The van der Waals surface area contributed by atoms with E-state index in [1.807, 2.05) is 32.3 Å². The molecule has 0 saturated carbocycles. The highest BCUT2D eigenvalue weighted by atomic mass is 16.5. The molecule has 0 fully saturated rings. The van der Waals surface area contributed by atoms with E-state index < -0.39 is 0 Å². The van der Waals surface area contributed by atoms with E-state index in [9.17, 15) is 4.79 Å². The van der Waals surface area contributed by atoms with Crippen LogP contribution in [0.15, 0.2) is 0 Å². The number of aryl methyl sites for hydroxylation is 1. The molecule has 0 amide bonds. The number of carbonyl (C=O) groups excluding carboxylic acids is 1. The summed E-state index contributed by atoms with van der Waals surface area (Å²) in [6, 6.07) is 0. The van der Waals surface area contributed by atoms with E-state index in [2.05, 4.69) is 17.1 Å². The van der Waals surface area contributed by atoms with Crippen LogP contribution in [0.4, 0.5) is 0 Å². The highest BCUT2D eigenvalue weighted by Crippen LogP contribution is 2.25. The third-order valence-electron chi connectivity index (χ3n) is 2.90. The van der Waals surface area contributed by atoms with E-state index in [0.717, 1.165) is 24.6 Å². The molecular formula is C13H23N3O2. The molecule has 1 unspecified atom stereocenters. The van der Waals surface area contributed by atoms with Crippen molar-refractivity contribution in [2.75, 3.05) is 6.61 Å². The van der Waals surface area contributed by atoms with Gasteiger partial charge in [-0.05, 0) is 26.2 Å². The summed E-state index contributed by atoms with van der Waals surface area (Å²) in [7, 11) is 0. The zero-order valence-electron chi connectivity index (χ0n) is 11.9. The Morgan fingerprint density at radius 1 is 1.33 bits per heavy atom. The van der Waals surface area contributed by atoms with Crippen LogP contribution in [0.2, 0.25) is 0 Å². The summed E-state index contributed by atoms with van der Waals surface area (Å²) in [4.78, 5) is 12.0. The molecule has 1 aromatic heterocycles. The quantitative estimate of drug-likeness (QED) is 0.730. The minimum absolute atomic E-state index is 0.142. The van der Waals surface area contributed by atoms with Gasteiger partial charge in [0.2, 0.25) is 0 Å². The van der Waals surface area contributed by atoms with Gasteiger partial charge in [-0.25, -0.2) is 0 Å². The second-order valence-corrected chi connectivity index (χ2v) is 4.73. The first-order valence-corrected chi connectivity index (χ1v) is 6.59. The van der Waals surface area contributed by atoms with Gasteiger partial charge in [-0.15, -0.1) is 10.2 Å². The van der Waals surface area contributed by atoms with Gasteiger partial charge in [-0.2, -0.15) is 0 Å². The van der Waals surface area contributed by atoms with Crippen molar-refractivity contribution in [1.29, 1.82) is 0 Å². The first-order chi connectivity index (χ1) is 8.52. The van der Waals surface area contributed by atoms with Gasteiger partial charge in [0.25, 0.3) is 0 Å². The lowest BCUT2D eigenvalue weighted by molar-refractivity contribution is -0.146. The Morgan fingerprint density at radius 3 is 2.50 bits per heavy atom. The van der Waals surface area contributed by atoms with Gasteiger partial charge in [-0.1, -0.05) is 20.8 Å². The summed E-state index contributed by atoms with van der Waals surface area (Å²) in [5, 5.41) is 8.26. The van der Waals surface area contributed by atoms with Crippen molar-refractivity contribution in [1.82, 2.24) is 14.8 Å². The summed E-state index contributed by atoms with van der Waals surface area (Å²) < 4.78 is 7.16. The van der Waals surface area contributed by atoms with Crippen LogP contribution in [0.5, 0.6) is 0 Å². The molecule has 1 aromatic rings. The average molecular weight is 253 g/mol. The van der Waals surface area contributed by atoms with Crippen LogP contribution in [0.25, 0.3) is 0 Å². The second-order valence-electron chi connectivity index (χ2n) is 4.73. The summed E-state index contributed by atoms with van der Waals surface area (Å²) >= 11 is 0. The van der Waals surface area contributed by atoms with Crippen LogP contribution in [-0.2, 0) is 16.1 Å². The number of nitrogens with zero attached hydrogens (tertiary/aromatic N) is 3. The average Bonchev–Trinajstić information content (AvgIpc) is 2.62. The molecule has 0 aliphatic rings. The maximum Gasteiger partial charge on any atom is 0.316 e. The van der Waals surface area contributed by atoms with Gasteiger partial charge in [0.1, 0.15) is 17.6 Å². The summed E-state index contributed by atoms with van der Waals surface area (Å²) in [6.07, 6.45) is 0.986. The monoisotopic (exact) mass is 253 g/mol. The van der Waals surface area contributed by atoms with Crippen molar-refractivity contribution in [2.45, 2.75) is 53.5 Å². The Balaban J connectivity index is 3.09. The van der Waals surface area contributed by atoms with Crippen molar-refractivity contribution < 1.29 is 9.53 Å². The molecule has 0 aliphatic carbocycles. The minimum Gasteiger partial charge on any atom is -0.465 e. The summed E-state index contributed by atoms with van der Waals surface area (Å²) in [6.45, 7) is 11.0. The molecule has 0 saturated heterocycles. The molecule has 0 spiro atoms. The number of hydrogen-bond donors (Lipinski definition) is 0. The lowest BCUT2D eigenvalue weighted by Crippen LogP contribution is -2.24. The largest absolute Gasteiger partial charge is 0.465 e. The molecular weight excluding hydrogens is 230 g/mol. The predicted octanol–water partition coefficient (Wildman–Crippen LogP) is 2.30. The topological polar surface area (TPSA) is 57.0 Å². The van der Waals surface area contributed by atoms with Crippen molar-refractivity contribution in [3.05, 3.63) is 11.6 Å². The third-order valence-corrected chi connectivity index (χ3v) is 2.90. The number of ether oxygens (including phenoxy) is 1. The molecule has 0 radical (unpaired) electrons. The van der Waals surface area contributed by atoms with Gasteiger partial charge in [0.15, 0.2) is 0 Å². The summed E-state index contributed by atoms with van der Waals surface area (Å²) in [5.41, 5.74) is 0. The number of aromatic nitrogens is 3. The maximum atomic E-state index is 12.0. The van der Waals surface area contributed by atoms with E-state index in [1.165, 1.54) is 0 Å². The number of esters is 1. The second kappa shape index (κ2) is 6.52. The van der Waals surface area contributed by atoms with E-state index in [4.69, 9.17) is 4.74 Å². The zero-order chi connectivity index (χ0) is 13.7. The van der Waals surface area contributed by atoms with Crippen LogP contribution in [0.3, 0.4) is 0 Å². The maximum absolute atomic E-state index is 12.0. The number of hydrogen-bond acceptors (Lipinski definition) is 4. The molecule has 0 aromatic carbocycles. The molecule has 1 heterocycles.